The Morgan fingerprint density at radius 2 is 2.44 bits per heavy atom. The highest BCUT2D eigenvalue weighted by Gasteiger charge is 2.20. The standard InChI is InChI=1S/C11H14N2O5/c14-11(15)10-6-8(13(16)17)7-12(10)4-3-9-2-1-5-18-9/h6-7,9H,1-5H2,(H,14,15). The van der Waals surface area contributed by atoms with Gasteiger partial charge in [-0.2, -0.15) is 0 Å². The third-order valence-corrected chi connectivity index (χ3v) is 3.03. The molecule has 7 nitrogen and oxygen atoms in total. The molecule has 0 saturated carbocycles. The van der Waals surface area contributed by atoms with Crippen molar-refractivity contribution in [3.8, 4) is 0 Å². The van der Waals surface area contributed by atoms with Crippen LogP contribution in [0.3, 0.4) is 0 Å². The average Bonchev–Trinajstić information content (AvgIpc) is 2.95. The second kappa shape index (κ2) is 5.18. The lowest BCUT2D eigenvalue weighted by molar-refractivity contribution is -0.384. The topological polar surface area (TPSA) is 94.6 Å². The fraction of sp³-hybridized carbons (Fsp3) is 0.545. The largest absolute Gasteiger partial charge is 0.477 e. The number of carboxylic acids is 1. The maximum absolute atomic E-state index is 11.0. The molecule has 1 fully saturated rings. The van der Waals surface area contributed by atoms with Gasteiger partial charge in [-0.25, -0.2) is 4.79 Å². The number of hydrogen-bond donors (Lipinski definition) is 1. The van der Waals surface area contributed by atoms with E-state index in [1.165, 1.54) is 10.8 Å². The summed E-state index contributed by atoms with van der Waals surface area (Å²) in [6, 6.07) is 1.08. The third-order valence-electron chi connectivity index (χ3n) is 3.03. The third kappa shape index (κ3) is 2.67. The van der Waals surface area contributed by atoms with Crippen LogP contribution in [0, 0.1) is 10.1 Å². The van der Waals surface area contributed by atoms with E-state index in [4.69, 9.17) is 9.84 Å². The first-order chi connectivity index (χ1) is 8.58. The molecule has 0 spiro atoms. The normalized spacial score (nSPS) is 19.0. The predicted octanol–water partition coefficient (Wildman–Crippen LogP) is 1.66. The Morgan fingerprint density at radius 3 is 3.00 bits per heavy atom. The molecule has 1 atom stereocenters. The summed E-state index contributed by atoms with van der Waals surface area (Å²) in [7, 11) is 0. The number of aryl methyl sites for hydroxylation is 1. The fourth-order valence-corrected chi connectivity index (χ4v) is 2.11. The summed E-state index contributed by atoms with van der Waals surface area (Å²) < 4.78 is 6.84. The molecular formula is C11H14N2O5. The Morgan fingerprint density at radius 1 is 1.67 bits per heavy atom. The van der Waals surface area contributed by atoms with Crippen LogP contribution in [-0.2, 0) is 11.3 Å². The van der Waals surface area contributed by atoms with Crippen molar-refractivity contribution in [2.45, 2.75) is 31.9 Å². The fourth-order valence-electron chi connectivity index (χ4n) is 2.11. The molecule has 0 aliphatic carbocycles. The van der Waals surface area contributed by atoms with Crippen LogP contribution in [0.25, 0.3) is 0 Å². The van der Waals surface area contributed by atoms with Crippen molar-refractivity contribution < 1.29 is 19.6 Å². The van der Waals surface area contributed by atoms with Crippen molar-refractivity contribution in [2.75, 3.05) is 6.61 Å². The van der Waals surface area contributed by atoms with Crippen LogP contribution in [0.2, 0.25) is 0 Å². The van der Waals surface area contributed by atoms with Gasteiger partial charge in [0, 0.05) is 19.2 Å². The van der Waals surface area contributed by atoms with Gasteiger partial charge < -0.3 is 14.4 Å². The Hall–Kier alpha value is -1.89. The minimum Gasteiger partial charge on any atom is -0.477 e. The number of ether oxygens (including phenoxy) is 1. The van der Waals surface area contributed by atoms with Crippen LogP contribution in [0.4, 0.5) is 5.69 Å². The van der Waals surface area contributed by atoms with E-state index in [0.29, 0.717) is 13.0 Å². The number of carbonyl (C=O) groups is 1. The lowest BCUT2D eigenvalue weighted by atomic mass is 10.2. The maximum Gasteiger partial charge on any atom is 0.352 e. The first-order valence-corrected chi connectivity index (χ1v) is 5.77. The van der Waals surface area contributed by atoms with E-state index in [9.17, 15) is 14.9 Å². The van der Waals surface area contributed by atoms with Gasteiger partial charge in [-0.15, -0.1) is 0 Å². The SMILES string of the molecule is O=C(O)c1cc([N+](=O)[O-])cn1CCC1CCCO1. The average molecular weight is 254 g/mol. The van der Waals surface area contributed by atoms with Crippen molar-refractivity contribution in [3.63, 3.8) is 0 Å². The van der Waals surface area contributed by atoms with Crippen molar-refractivity contribution in [2.24, 2.45) is 0 Å². The van der Waals surface area contributed by atoms with Gasteiger partial charge in [-0.3, -0.25) is 10.1 Å². The van der Waals surface area contributed by atoms with Crippen LogP contribution >= 0.6 is 0 Å². The zero-order chi connectivity index (χ0) is 13.1. The molecule has 7 heteroatoms. The highest BCUT2D eigenvalue weighted by atomic mass is 16.6. The van der Waals surface area contributed by atoms with Crippen LogP contribution in [0.5, 0.6) is 0 Å². The summed E-state index contributed by atoms with van der Waals surface area (Å²) in [5.41, 5.74) is -0.251. The van der Waals surface area contributed by atoms with Gasteiger partial charge in [0.25, 0.3) is 5.69 Å². The molecular weight excluding hydrogens is 240 g/mol. The number of nitro groups is 1. The lowest BCUT2D eigenvalue weighted by Gasteiger charge is -2.10. The molecule has 1 aliphatic heterocycles. The smallest absolute Gasteiger partial charge is 0.352 e. The molecule has 18 heavy (non-hydrogen) atoms. The lowest BCUT2D eigenvalue weighted by Crippen LogP contribution is -2.13. The van der Waals surface area contributed by atoms with Crippen molar-refractivity contribution in [1.82, 2.24) is 4.57 Å². The van der Waals surface area contributed by atoms with Crippen LogP contribution < -0.4 is 0 Å². The molecule has 0 amide bonds. The molecule has 1 aliphatic rings. The maximum atomic E-state index is 11.0. The minimum absolute atomic E-state index is 0.0558. The highest BCUT2D eigenvalue weighted by Crippen LogP contribution is 2.20. The Kier molecular flexibility index (Phi) is 3.61. The van der Waals surface area contributed by atoms with Gasteiger partial charge in [-0.1, -0.05) is 0 Å². The molecule has 0 radical (unpaired) electrons. The summed E-state index contributed by atoms with van der Waals surface area (Å²) >= 11 is 0. The second-order valence-electron chi connectivity index (χ2n) is 4.26. The van der Waals surface area contributed by atoms with Gasteiger partial charge in [0.15, 0.2) is 0 Å². The molecule has 0 aromatic carbocycles. The van der Waals surface area contributed by atoms with Gasteiger partial charge in [0.1, 0.15) is 5.69 Å². The number of aromatic nitrogens is 1. The van der Waals surface area contributed by atoms with Crippen LogP contribution in [0.15, 0.2) is 12.3 Å². The number of nitrogens with zero attached hydrogens (tertiary/aromatic N) is 2. The molecule has 1 saturated heterocycles. The van der Waals surface area contributed by atoms with E-state index in [-0.39, 0.29) is 17.5 Å². The molecule has 1 aromatic heterocycles. The molecule has 98 valence electrons. The molecule has 2 heterocycles. The molecule has 1 N–H and O–H groups in total. The van der Waals surface area contributed by atoms with Crippen molar-refractivity contribution in [3.05, 3.63) is 28.1 Å². The van der Waals surface area contributed by atoms with Crippen molar-refractivity contribution in [1.29, 1.82) is 0 Å². The van der Waals surface area contributed by atoms with E-state index in [1.807, 2.05) is 0 Å². The number of carboxylic acid groups (broad SMARTS) is 1. The summed E-state index contributed by atoms with van der Waals surface area (Å²) in [5.74, 6) is -1.16. The van der Waals surface area contributed by atoms with E-state index in [2.05, 4.69) is 0 Å². The predicted molar refractivity (Wildman–Crippen MR) is 61.6 cm³/mol. The molecule has 1 aromatic rings. The quantitative estimate of drug-likeness (QED) is 0.637. The first kappa shape index (κ1) is 12.6. The van der Waals surface area contributed by atoms with Crippen LogP contribution in [0.1, 0.15) is 29.8 Å². The van der Waals surface area contributed by atoms with E-state index in [0.717, 1.165) is 25.5 Å². The monoisotopic (exact) mass is 254 g/mol. The Bertz CT molecular complexity index is 462. The van der Waals surface area contributed by atoms with Gasteiger partial charge in [-0.05, 0) is 19.3 Å². The van der Waals surface area contributed by atoms with Crippen molar-refractivity contribution >= 4 is 11.7 Å². The zero-order valence-corrected chi connectivity index (χ0v) is 9.74. The summed E-state index contributed by atoms with van der Waals surface area (Å²) in [5, 5.41) is 19.6. The molecule has 0 bridgehead atoms. The van der Waals surface area contributed by atoms with E-state index in [1.54, 1.807) is 0 Å². The summed E-state index contributed by atoms with van der Waals surface area (Å²) in [6.07, 6.45) is 4.05. The second-order valence-corrected chi connectivity index (χ2v) is 4.26. The Balaban J connectivity index is 2.09. The van der Waals surface area contributed by atoms with Crippen LogP contribution in [-0.4, -0.2) is 33.3 Å². The number of rotatable bonds is 5. The summed E-state index contributed by atoms with van der Waals surface area (Å²) in [4.78, 5) is 21.0. The molecule has 1 unspecified atom stereocenters. The molecule has 2 rings (SSSR count). The Labute approximate surface area is 103 Å². The zero-order valence-electron chi connectivity index (χ0n) is 9.74. The van der Waals surface area contributed by atoms with Gasteiger partial charge >= 0.3 is 5.97 Å². The van der Waals surface area contributed by atoms with Gasteiger partial charge in [0.2, 0.25) is 0 Å². The highest BCUT2D eigenvalue weighted by molar-refractivity contribution is 5.86. The minimum atomic E-state index is -1.16. The van der Waals surface area contributed by atoms with Gasteiger partial charge in [0.05, 0.1) is 17.2 Å². The first-order valence-electron chi connectivity index (χ1n) is 5.77. The number of aromatic carboxylic acids is 1. The summed E-state index contributed by atoms with van der Waals surface area (Å²) in [6.45, 7) is 1.16. The van der Waals surface area contributed by atoms with E-state index < -0.39 is 10.9 Å². The van der Waals surface area contributed by atoms with E-state index >= 15 is 0 Å². The number of hydrogen-bond acceptors (Lipinski definition) is 4.